The number of nitrogens with zero attached hydrogens (tertiary/aromatic N) is 3. The van der Waals surface area contributed by atoms with E-state index >= 15 is 0 Å². The Bertz CT molecular complexity index is 1230. The van der Waals surface area contributed by atoms with Gasteiger partial charge in [-0.25, -0.2) is 18.9 Å². The predicted molar refractivity (Wildman–Crippen MR) is 110 cm³/mol. The summed E-state index contributed by atoms with van der Waals surface area (Å²) in [5.41, 5.74) is 3.54. The first-order valence-electron chi connectivity index (χ1n) is 8.87. The number of carbonyl (C=O) groups excluding carboxylic acids is 2. The Morgan fingerprint density at radius 2 is 1.68 bits per heavy atom. The van der Waals surface area contributed by atoms with Crippen LogP contribution >= 0.6 is 0 Å². The fourth-order valence-electron chi connectivity index (χ4n) is 2.64. The molecule has 1 atom stereocenters. The highest BCUT2D eigenvalue weighted by Gasteiger charge is 2.33. The lowest BCUT2D eigenvalue weighted by atomic mass is 10.1. The van der Waals surface area contributed by atoms with Gasteiger partial charge in [0.05, 0.1) is 11.2 Å². The topological polar surface area (TPSA) is 122 Å². The average Bonchev–Trinajstić information content (AvgIpc) is 3.33. The molecular weight excluding hydrogens is 420 g/mol. The van der Waals surface area contributed by atoms with Crippen LogP contribution in [-0.4, -0.2) is 52.8 Å². The molecule has 0 spiro atoms. The molecular formula is C21H17N4O5S. The SMILES string of the molecule is CN([C@@H]([C]=O)C(=O)NO)S(=O)(=O)c1ccc(C#Cc2ccc(-n3ccnc3)cc2)cc1. The van der Waals surface area contributed by atoms with E-state index in [9.17, 15) is 18.0 Å². The van der Waals surface area contributed by atoms with Gasteiger partial charge >= 0.3 is 0 Å². The number of amides is 1. The molecule has 0 saturated carbocycles. The number of benzene rings is 2. The van der Waals surface area contributed by atoms with Crippen molar-refractivity contribution in [2.75, 3.05) is 7.05 Å². The summed E-state index contributed by atoms with van der Waals surface area (Å²) in [5, 5.41) is 8.65. The second-order valence-electron chi connectivity index (χ2n) is 6.31. The molecule has 0 aliphatic rings. The van der Waals surface area contributed by atoms with E-state index in [0.29, 0.717) is 9.87 Å². The number of imidazole rings is 1. The Morgan fingerprint density at radius 3 is 2.16 bits per heavy atom. The van der Waals surface area contributed by atoms with E-state index < -0.39 is 22.0 Å². The van der Waals surface area contributed by atoms with Crippen molar-refractivity contribution in [3.63, 3.8) is 0 Å². The largest absolute Gasteiger partial charge is 0.306 e. The van der Waals surface area contributed by atoms with Crippen molar-refractivity contribution in [2.45, 2.75) is 10.9 Å². The maximum atomic E-state index is 12.6. The van der Waals surface area contributed by atoms with Gasteiger partial charge in [-0.05, 0) is 48.5 Å². The van der Waals surface area contributed by atoms with Crippen LogP contribution in [0.2, 0.25) is 0 Å². The van der Waals surface area contributed by atoms with E-state index in [0.717, 1.165) is 18.3 Å². The van der Waals surface area contributed by atoms with E-state index in [2.05, 4.69) is 16.8 Å². The molecule has 0 fully saturated rings. The Morgan fingerprint density at radius 1 is 1.10 bits per heavy atom. The average molecular weight is 437 g/mol. The van der Waals surface area contributed by atoms with Gasteiger partial charge in [0, 0.05) is 36.3 Å². The fourth-order valence-corrected chi connectivity index (χ4v) is 3.87. The van der Waals surface area contributed by atoms with E-state index in [1.807, 2.05) is 35.0 Å². The minimum Gasteiger partial charge on any atom is -0.306 e. The molecule has 10 heteroatoms. The smallest absolute Gasteiger partial charge is 0.269 e. The summed E-state index contributed by atoms with van der Waals surface area (Å²) in [4.78, 5) is 26.3. The van der Waals surface area contributed by atoms with Crippen molar-refractivity contribution in [2.24, 2.45) is 0 Å². The molecule has 0 aliphatic heterocycles. The number of rotatable bonds is 6. The van der Waals surface area contributed by atoms with Crippen LogP contribution in [0.15, 0.2) is 72.1 Å². The molecule has 31 heavy (non-hydrogen) atoms. The van der Waals surface area contributed by atoms with Crippen LogP contribution in [0.4, 0.5) is 0 Å². The molecule has 1 amide bonds. The molecule has 1 heterocycles. The summed E-state index contributed by atoms with van der Waals surface area (Å²) in [7, 11) is -3.13. The summed E-state index contributed by atoms with van der Waals surface area (Å²) in [6.07, 6.45) is 6.50. The summed E-state index contributed by atoms with van der Waals surface area (Å²) < 4.78 is 27.6. The molecule has 9 nitrogen and oxygen atoms in total. The number of sulfonamides is 1. The zero-order chi connectivity index (χ0) is 22.4. The Balaban J connectivity index is 1.76. The zero-order valence-electron chi connectivity index (χ0n) is 16.3. The number of carbonyl (C=O) groups is 1. The van der Waals surface area contributed by atoms with Gasteiger partial charge in [-0.3, -0.25) is 14.8 Å². The summed E-state index contributed by atoms with van der Waals surface area (Å²) in [6.45, 7) is 0. The third-order valence-electron chi connectivity index (χ3n) is 4.39. The number of hydroxylamine groups is 1. The van der Waals surface area contributed by atoms with Gasteiger partial charge in [-0.1, -0.05) is 11.8 Å². The highest BCUT2D eigenvalue weighted by Crippen LogP contribution is 2.17. The lowest BCUT2D eigenvalue weighted by Gasteiger charge is -2.20. The van der Waals surface area contributed by atoms with Gasteiger partial charge in [-0.15, -0.1) is 0 Å². The van der Waals surface area contributed by atoms with Crippen LogP contribution in [0.25, 0.3) is 5.69 Å². The van der Waals surface area contributed by atoms with E-state index in [1.165, 1.54) is 36.0 Å². The first kappa shape index (κ1) is 21.9. The Kier molecular flexibility index (Phi) is 6.61. The van der Waals surface area contributed by atoms with Crippen molar-refractivity contribution in [1.82, 2.24) is 19.3 Å². The number of hydrogen-bond donors (Lipinski definition) is 2. The molecule has 3 rings (SSSR count). The van der Waals surface area contributed by atoms with Crippen LogP contribution in [0.1, 0.15) is 11.1 Å². The molecule has 0 bridgehead atoms. The zero-order valence-corrected chi connectivity index (χ0v) is 17.1. The summed E-state index contributed by atoms with van der Waals surface area (Å²) in [6, 6.07) is 11.4. The number of aromatic nitrogens is 2. The maximum Gasteiger partial charge on any atom is 0.269 e. The molecule has 1 aromatic heterocycles. The van der Waals surface area contributed by atoms with Gasteiger partial charge in [0.1, 0.15) is 0 Å². The van der Waals surface area contributed by atoms with Crippen molar-refractivity contribution >= 4 is 22.2 Å². The summed E-state index contributed by atoms with van der Waals surface area (Å²) in [5.74, 6) is 4.74. The van der Waals surface area contributed by atoms with E-state index in [1.54, 1.807) is 12.5 Å². The minimum atomic E-state index is -4.17. The highest BCUT2D eigenvalue weighted by atomic mass is 32.2. The summed E-state index contributed by atoms with van der Waals surface area (Å²) >= 11 is 0. The third kappa shape index (κ3) is 4.87. The lowest BCUT2D eigenvalue weighted by molar-refractivity contribution is -0.130. The van der Waals surface area contributed by atoms with Crippen molar-refractivity contribution in [1.29, 1.82) is 0 Å². The van der Waals surface area contributed by atoms with Crippen LogP contribution in [0.3, 0.4) is 0 Å². The number of hydrogen-bond acceptors (Lipinski definition) is 6. The second kappa shape index (κ2) is 9.36. The van der Waals surface area contributed by atoms with Gasteiger partial charge < -0.3 is 4.57 Å². The molecule has 0 unspecified atom stereocenters. The minimum absolute atomic E-state index is 0.142. The third-order valence-corrected chi connectivity index (χ3v) is 6.22. The standard InChI is InChI=1S/C21H17N4O5S/c1-24(20(14-26)21(27)23-28)31(29,30)19-10-6-17(7-11-19)3-2-16-4-8-18(9-5-16)25-13-12-22-15-25/h4-13,15,20,28H,1H3,(H,23,27)/t20-/m0/s1. The van der Waals surface area contributed by atoms with Crippen LogP contribution in [-0.2, 0) is 19.6 Å². The lowest BCUT2D eigenvalue weighted by Crippen LogP contribution is -2.47. The molecule has 2 aromatic carbocycles. The second-order valence-corrected chi connectivity index (χ2v) is 8.31. The quantitative estimate of drug-likeness (QED) is 0.256. The van der Waals surface area contributed by atoms with Crippen molar-refractivity contribution in [3.8, 4) is 17.5 Å². The van der Waals surface area contributed by atoms with Gasteiger partial charge in [0.15, 0.2) is 6.04 Å². The van der Waals surface area contributed by atoms with Gasteiger partial charge in [0.2, 0.25) is 16.3 Å². The molecule has 157 valence electrons. The first-order valence-corrected chi connectivity index (χ1v) is 10.3. The maximum absolute atomic E-state index is 12.6. The number of likely N-dealkylation sites (N-methyl/N-ethyl adjacent to an activating group) is 1. The van der Waals surface area contributed by atoms with E-state index in [-0.39, 0.29) is 4.90 Å². The number of nitrogens with one attached hydrogen (secondary N) is 1. The molecule has 2 N–H and O–H groups in total. The molecule has 0 aliphatic carbocycles. The monoisotopic (exact) mass is 437 g/mol. The van der Waals surface area contributed by atoms with Gasteiger partial charge in [0.25, 0.3) is 5.91 Å². The van der Waals surface area contributed by atoms with Crippen molar-refractivity contribution < 1.29 is 23.2 Å². The Labute approximate surface area is 179 Å². The van der Waals surface area contributed by atoms with E-state index in [4.69, 9.17) is 5.21 Å². The highest BCUT2D eigenvalue weighted by molar-refractivity contribution is 7.89. The molecule has 1 radical (unpaired) electrons. The van der Waals surface area contributed by atoms with Crippen molar-refractivity contribution in [3.05, 3.63) is 78.4 Å². The van der Waals surface area contributed by atoms with Crippen LogP contribution < -0.4 is 5.48 Å². The first-order chi connectivity index (χ1) is 14.9. The molecule has 0 saturated heterocycles. The fraction of sp³-hybridized carbons (Fsp3) is 0.0952. The van der Waals surface area contributed by atoms with Crippen LogP contribution in [0, 0.1) is 11.8 Å². The predicted octanol–water partition coefficient (Wildman–Crippen LogP) is 0.876. The van der Waals surface area contributed by atoms with Crippen LogP contribution in [0.5, 0.6) is 0 Å². The normalized spacial score (nSPS) is 12.0. The van der Waals surface area contributed by atoms with Gasteiger partial charge in [-0.2, -0.15) is 4.31 Å². The Hall–Kier alpha value is -3.78. The molecule has 3 aromatic rings.